The van der Waals surface area contributed by atoms with E-state index >= 15 is 0 Å². The fourth-order valence-electron chi connectivity index (χ4n) is 1.85. The third-order valence-corrected chi connectivity index (χ3v) is 2.76. The highest BCUT2D eigenvalue weighted by Crippen LogP contribution is 2.08. The molecule has 0 spiro atoms. The van der Waals surface area contributed by atoms with E-state index in [1.165, 1.54) is 5.46 Å². The molecule has 2 nitrogen and oxygen atoms in total. The predicted molar refractivity (Wildman–Crippen MR) is 71.6 cm³/mol. The molecule has 1 aromatic rings. The third-order valence-electron chi connectivity index (χ3n) is 2.76. The van der Waals surface area contributed by atoms with E-state index in [2.05, 4.69) is 37.4 Å². The second-order valence-corrected chi connectivity index (χ2v) is 4.64. The van der Waals surface area contributed by atoms with E-state index < -0.39 is 0 Å². The van der Waals surface area contributed by atoms with Crippen LogP contribution in [0.15, 0.2) is 24.3 Å². The summed E-state index contributed by atoms with van der Waals surface area (Å²) in [5, 5.41) is 0. The minimum Gasteiger partial charge on any atom is -0.337 e. The first-order valence-electron chi connectivity index (χ1n) is 5.76. The van der Waals surface area contributed by atoms with Gasteiger partial charge in [-0.05, 0) is 12.1 Å². The van der Waals surface area contributed by atoms with E-state index in [-0.39, 0.29) is 0 Å². The topological polar surface area (TPSA) is 7.60 Å². The van der Waals surface area contributed by atoms with Gasteiger partial charge in [0.25, 0.3) is 0 Å². The summed E-state index contributed by atoms with van der Waals surface area (Å²) < 4.78 is 0. The highest BCUT2D eigenvalue weighted by Gasteiger charge is 2.14. The molecule has 0 aliphatic carbocycles. The first kappa shape index (κ1) is 12.8. The second kappa shape index (κ2) is 5.72. The molecule has 0 aromatic heterocycles. The lowest BCUT2D eigenvalue weighted by atomic mass is 9.78. The lowest BCUT2D eigenvalue weighted by Crippen LogP contribution is -2.44. The fraction of sp³-hybridized carbons (Fsp3) is 0.462. The molecule has 0 saturated heterocycles. The minimum absolute atomic E-state index is 0.542. The molecule has 0 saturated carbocycles. The highest BCUT2D eigenvalue weighted by molar-refractivity contribution is 6.50. The fourth-order valence-corrected chi connectivity index (χ4v) is 1.85. The number of rotatable bonds is 4. The Hall–Kier alpha value is -1.27. The average Bonchev–Trinajstić information content (AvgIpc) is 2.25. The van der Waals surface area contributed by atoms with E-state index in [0.717, 1.165) is 7.41 Å². The molecule has 0 bridgehead atoms. The Morgan fingerprint density at radius 3 is 1.94 bits per heavy atom. The van der Waals surface area contributed by atoms with Crippen LogP contribution in [0.2, 0.25) is 0 Å². The van der Waals surface area contributed by atoms with Crippen molar-refractivity contribution in [3.63, 3.8) is 0 Å². The molecule has 84 valence electrons. The molecule has 1 rings (SSSR count). The molecule has 1 aromatic carbocycles. The van der Waals surface area contributed by atoms with Crippen molar-refractivity contribution >= 4 is 18.6 Å². The van der Waals surface area contributed by atoms with Crippen molar-refractivity contribution in [1.82, 2.24) is 4.81 Å². The average molecular weight is 214 g/mol. The highest BCUT2D eigenvalue weighted by atomic mass is 15.1. The number of nitrogens with zero attached hydrogens (tertiary/aromatic N) is 2. The third kappa shape index (κ3) is 3.39. The summed E-state index contributed by atoms with van der Waals surface area (Å²) in [4.78, 5) is 5.83. The van der Waals surface area contributed by atoms with Crippen molar-refractivity contribution in [2.24, 2.45) is 0 Å². The first-order valence-corrected chi connectivity index (χ1v) is 5.76. The van der Waals surface area contributed by atoms with Crippen LogP contribution in [0.1, 0.15) is 27.7 Å². The smallest absolute Gasteiger partial charge is 0.238 e. The summed E-state index contributed by atoms with van der Waals surface area (Å²) in [5.74, 6) is 0. The van der Waals surface area contributed by atoms with Crippen molar-refractivity contribution in [3.8, 4) is 0 Å². The summed E-state index contributed by atoms with van der Waals surface area (Å²) in [6.07, 6.45) is 0. The van der Waals surface area contributed by atoms with Gasteiger partial charge >= 0.3 is 0 Å². The van der Waals surface area contributed by atoms with E-state index in [9.17, 15) is 0 Å². The van der Waals surface area contributed by atoms with Gasteiger partial charge in [-0.25, -0.2) is 4.85 Å². The van der Waals surface area contributed by atoms with Crippen molar-refractivity contribution in [2.75, 3.05) is 0 Å². The Kier molecular flexibility index (Phi) is 4.58. The van der Waals surface area contributed by atoms with Gasteiger partial charge in [-0.15, -0.1) is 0 Å². The standard InChI is InChI=1S/C13H19BN2/c1-10(2)16(11(3)4)14-12-6-8-13(15-5)9-7-12/h6-11,14H,1-4H3. The van der Waals surface area contributed by atoms with Crippen molar-refractivity contribution in [2.45, 2.75) is 39.8 Å². The molecule has 0 aliphatic rings. The van der Waals surface area contributed by atoms with Crippen LogP contribution in [-0.2, 0) is 0 Å². The Bertz CT molecular complexity index is 355. The second-order valence-electron chi connectivity index (χ2n) is 4.64. The zero-order valence-electron chi connectivity index (χ0n) is 10.6. The quantitative estimate of drug-likeness (QED) is 0.551. The summed E-state index contributed by atoms with van der Waals surface area (Å²) in [5.41, 5.74) is 1.99. The molecule has 3 heteroatoms. The lowest BCUT2D eigenvalue weighted by Gasteiger charge is -2.30. The molecular weight excluding hydrogens is 195 g/mol. The normalized spacial score (nSPS) is 10.9. The van der Waals surface area contributed by atoms with Gasteiger partial charge in [0.15, 0.2) is 5.69 Å². The summed E-state index contributed by atoms with van der Waals surface area (Å²) in [6, 6.07) is 8.96. The van der Waals surface area contributed by atoms with E-state index in [1.54, 1.807) is 0 Å². The zero-order valence-corrected chi connectivity index (χ0v) is 10.6. The molecular formula is C13H19BN2. The maximum atomic E-state index is 6.91. The number of hydrogen-bond donors (Lipinski definition) is 0. The van der Waals surface area contributed by atoms with Crippen molar-refractivity contribution < 1.29 is 0 Å². The van der Waals surface area contributed by atoms with Gasteiger partial charge in [0.1, 0.15) is 0 Å². The summed E-state index contributed by atoms with van der Waals surface area (Å²) in [6.45, 7) is 15.8. The van der Waals surface area contributed by atoms with E-state index in [1.807, 2.05) is 24.3 Å². The van der Waals surface area contributed by atoms with Crippen LogP contribution in [0.3, 0.4) is 0 Å². The molecule has 0 heterocycles. The van der Waals surface area contributed by atoms with Gasteiger partial charge in [-0.1, -0.05) is 57.4 Å². The van der Waals surface area contributed by atoms with Crippen LogP contribution in [0.5, 0.6) is 0 Å². The Morgan fingerprint density at radius 2 is 1.56 bits per heavy atom. The van der Waals surface area contributed by atoms with Gasteiger partial charge in [0, 0.05) is 0 Å². The molecule has 0 N–H and O–H groups in total. The van der Waals surface area contributed by atoms with Gasteiger partial charge in [-0.2, -0.15) is 0 Å². The first-order chi connectivity index (χ1) is 7.54. The van der Waals surface area contributed by atoms with Crippen molar-refractivity contribution in [3.05, 3.63) is 35.7 Å². The predicted octanol–water partition coefficient (Wildman–Crippen LogP) is 2.33. The van der Waals surface area contributed by atoms with Gasteiger partial charge in [0.05, 0.1) is 6.57 Å². The van der Waals surface area contributed by atoms with E-state index in [0.29, 0.717) is 17.8 Å². The monoisotopic (exact) mass is 214 g/mol. The van der Waals surface area contributed by atoms with E-state index in [4.69, 9.17) is 6.57 Å². The van der Waals surface area contributed by atoms with Gasteiger partial charge in [-0.3, -0.25) is 0 Å². The van der Waals surface area contributed by atoms with Crippen LogP contribution in [0.25, 0.3) is 4.85 Å². The maximum absolute atomic E-state index is 6.91. The molecule has 16 heavy (non-hydrogen) atoms. The molecule has 0 amide bonds. The number of benzene rings is 1. The Morgan fingerprint density at radius 1 is 1.06 bits per heavy atom. The Balaban J connectivity index is 2.75. The van der Waals surface area contributed by atoms with Crippen molar-refractivity contribution in [1.29, 1.82) is 0 Å². The van der Waals surface area contributed by atoms with Gasteiger partial charge in [0.2, 0.25) is 7.41 Å². The molecule has 0 fully saturated rings. The Labute approximate surface area is 99.4 Å². The zero-order chi connectivity index (χ0) is 12.1. The van der Waals surface area contributed by atoms with Crippen LogP contribution < -0.4 is 5.46 Å². The number of hydrogen-bond acceptors (Lipinski definition) is 1. The lowest BCUT2D eigenvalue weighted by molar-refractivity contribution is 0.315. The SMILES string of the molecule is [C-]#[N+]c1ccc(BN(C(C)C)C(C)C)cc1. The summed E-state index contributed by atoms with van der Waals surface area (Å²) >= 11 is 0. The maximum Gasteiger partial charge on any atom is 0.238 e. The summed E-state index contributed by atoms with van der Waals surface area (Å²) in [7, 11) is 0.952. The van der Waals surface area contributed by atoms with Crippen LogP contribution >= 0.6 is 0 Å². The molecule has 0 radical (unpaired) electrons. The molecule has 0 atom stereocenters. The van der Waals surface area contributed by atoms with Crippen LogP contribution in [0.4, 0.5) is 5.69 Å². The van der Waals surface area contributed by atoms with Gasteiger partial charge < -0.3 is 4.81 Å². The largest absolute Gasteiger partial charge is 0.337 e. The van der Waals surface area contributed by atoms with Crippen LogP contribution in [0, 0.1) is 6.57 Å². The molecule has 0 unspecified atom stereocenters. The van der Waals surface area contributed by atoms with Crippen LogP contribution in [-0.4, -0.2) is 24.3 Å². The molecule has 0 aliphatic heterocycles. The minimum atomic E-state index is 0.542.